The summed E-state index contributed by atoms with van der Waals surface area (Å²) in [6.07, 6.45) is 0. The molecule has 0 bridgehead atoms. The van der Waals surface area contributed by atoms with Crippen LogP contribution in [0, 0.1) is 0 Å². The molecule has 0 spiro atoms. The molecule has 0 saturated carbocycles. The van der Waals surface area contributed by atoms with Gasteiger partial charge >= 0.3 is 12.0 Å². The Labute approximate surface area is 138 Å². The normalized spacial score (nSPS) is 10.8. The smallest absolute Gasteiger partial charge is 0.330 e. The maximum atomic E-state index is 11.8. The van der Waals surface area contributed by atoms with Crippen LogP contribution in [-0.2, 0) is 4.79 Å². The van der Waals surface area contributed by atoms with Crippen molar-refractivity contribution in [3.05, 3.63) is 60.2 Å². The molecule has 0 aromatic heterocycles. The van der Waals surface area contributed by atoms with Crippen molar-refractivity contribution in [2.24, 2.45) is 5.16 Å². The first-order valence-electron chi connectivity index (χ1n) is 7.18. The van der Waals surface area contributed by atoms with Gasteiger partial charge in [-0.25, -0.2) is 9.59 Å². The number of para-hydroxylation sites is 1. The number of hydrogen-bond acceptors (Lipinski definition) is 5. The molecule has 0 unspecified atom stereocenters. The number of anilines is 1. The fraction of sp³-hybridized carbons (Fsp3) is 0.118. The highest BCUT2D eigenvalue weighted by molar-refractivity contribution is 5.99. The van der Waals surface area contributed by atoms with E-state index in [-0.39, 0.29) is 6.54 Å². The maximum absolute atomic E-state index is 11.8. The molecule has 0 aliphatic rings. The monoisotopic (exact) mass is 327 g/mol. The van der Waals surface area contributed by atoms with Gasteiger partial charge in [-0.05, 0) is 36.8 Å². The van der Waals surface area contributed by atoms with Gasteiger partial charge < -0.3 is 20.6 Å². The van der Waals surface area contributed by atoms with Gasteiger partial charge in [0.05, 0.1) is 5.71 Å². The van der Waals surface area contributed by atoms with Gasteiger partial charge in [-0.2, -0.15) is 0 Å². The molecule has 2 aromatic carbocycles. The summed E-state index contributed by atoms with van der Waals surface area (Å²) in [7, 11) is 0. The van der Waals surface area contributed by atoms with Crippen LogP contribution in [0.5, 0.6) is 5.75 Å². The molecule has 0 aliphatic carbocycles. The van der Waals surface area contributed by atoms with Crippen molar-refractivity contribution >= 4 is 23.4 Å². The molecule has 2 amide bonds. The Morgan fingerprint density at radius 1 is 1.08 bits per heavy atom. The minimum atomic E-state index is -0.568. The Bertz CT molecular complexity index is 727. The van der Waals surface area contributed by atoms with Crippen LogP contribution in [-0.4, -0.2) is 29.5 Å². The second-order valence-electron chi connectivity index (χ2n) is 4.86. The van der Waals surface area contributed by atoms with Crippen LogP contribution >= 0.6 is 0 Å². The van der Waals surface area contributed by atoms with E-state index in [0.717, 1.165) is 5.56 Å². The Morgan fingerprint density at radius 2 is 1.75 bits per heavy atom. The number of hydrogen-bond donors (Lipinski definition) is 3. The molecule has 7 heteroatoms. The molecule has 2 aromatic rings. The van der Waals surface area contributed by atoms with Crippen molar-refractivity contribution in [2.45, 2.75) is 6.92 Å². The van der Waals surface area contributed by atoms with Crippen molar-refractivity contribution in [3.63, 3.8) is 0 Å². The number of urea groups is 1. The zero-order valence-corrected chi connectivity index (χ0v) is 13.0. The van der Waals surface area contributed by atoms with Gasteiger partial charge in [0, 0.05) is 5.69 Å². The summed E-state index contributed by atoms with van der Waals surface area (Å²) in [4.78, 5) is 23.4. The second-order valence-corrected chi connectivity index (χ2v) is 4.86. The minimum Gasteiger partial charge on any atom is -0.425 e. The fourth-order valence-corrected chi connectivity index (χ4v) is 1.84. The molecule has 0 fully saturated rings. The summed E-state index contributed by atoms with van der Waals surface area (Å²) in [5.74, 6) is -0.150. The van der Waals surface area contributed by atoms with Crippen LogP contribution in [0.3, 0.4) is 0 Å². The van der Waals surface area contributed by atoms with E-state index in [1.807, 2.05) is 6.07 Å². The summed E-state index contributed by atoms with van der Waals surface area (Å²) in [6, 6.07) is 14.8. The molecule has 0 radical (unpaired) electrons. The van der Waals surface area contributed by atoms with E-state index in [1.54, 1.807) is 55.5 Å². The highest BCUT2D eigenvalue weighted by atomic mass is 16.5. The van der Waals surface area contributed by atoms with Gasteiger partial charge in [-0.15, -0.1) is 0 Å². The number of nitrogens with one attached hydrogen (secondary N) is 2. The zero-order valence-electron chi connectivity index (χ0n) is 13.0. The fourth-order valence-electron chi connectivity index (χ4n) is 1.84. The number of rotatable bonds is 5. The lowest BCUT2D eigenvalue weighted by molar-refractivity contribution is -0.133. The van der Waals surface area contributed by atoms with Crippen LogP contribution in [0.4, 0.5) is 10.5 Å². The van der Waals surface area contributed by atoms with Crippen molar-refractivity contribution in [1.82, 2.24) is 5.32 Å². The molecule has 124 valence electrons. The maximum Gasteiger partial charge on any atom is 0.330 e. The molecule has 24 heavy (non-hydrogen) atoms. The second kappa shape index (κ2) is 8.33. The third-order valence-electron chi connectivity index (χ3n) is 3.08. The van der Waals surface area contributed by atoms with Crippen molar-refractivity contribution in [1.29, 1.82) is 0 Å². The average molecular weight is 327 g/mol. The molecule has 0 heterocycles. The first-order chi connectivity index (χ1) is 11.6. The first kappa shape index (κ1) is 17.0. The predicted octanol–water partition coefficient (Wildman–Crippen LogP) is 2.61. The van der Waals surface area contributed by atoms with Crippen molar-refractivity contribution in [2.75, 3.05) is 11.9 Å². The highest BCUT2D eigenvalue weighted by Crippen LogP contribution is 2.10. The van der Waals surface area contributed by atoms with E-state index in [4.69, 9.17) is 9.94 Å². The molecule has 0 atom stereocenters. The van der Waals surface area contributed by atoms with Crippen LogP contribution in [0.1, 0.15) is 12.5 Å². The van der Waals surface area contributed by atoms with Gasteiger partial charge in [0.1, 0.15) is 12.3 Å². The van der Waals surface area contributed by atoms with E-state index < -0.39 is 12.0 Å². The number of ether oxygens (including phenoxy) is 1. The summed E-state index contributed by atoms with van der Waals surface area (Å²) in [5.41, 5.74) is 1.74. The quantitative estimate of drug-likeness (QED) is 0.258. The molecule has 7 nitrogen and oxygen atoms in total. The van der Waals surface area contributed by atoms with E-state index in [2.05, 4.69) is 15.8 Å². The summed E-state index contributed by atoms with van der Waals surface area (Å²) in [6.45, 7) is 1.41. The average Bonchev–Trinajstić information content (AvgIpc) is 2.61. The van der Waals surface area contributed by atoms with E-state index in [1.165, 1.54) is 0 Å². The predicted molar refractivity (Wildman–Crippen MR) is 89.5 cm³/mol. The Hall–Kier alpha value is -3.35. The molecule has 0 saturated heterocycles. The number of benzene rings is 2. The summed E-state index contributed by atoms with van der Waals surface area (Å²) < 4.78 is 5.05. The number of amides is 2. The lowest BCUT2D eigenvalue weighted by Crippen LogP contribution is -2.35. The van der Waals surface area contributed by atoms with Gasteiger partial charge in [0.15, 0.2) is 0 Å². The number of nitrogens with zero attached hydrogens (tertiary/aromatic N) is 1. The van der Waals surface area contributed by atoms with E-state index in [0.29, 0.717) is 17.1 Å². The standard InChI is InChI=1S/C17H17N3O4/c1-12(20-23)13-7-9-14(10-8-13)19-17(22)18-11-16(21)24-15-5-3-2-4-6-15/h2-10,23H,11H2,1H3,(H2,18,19,22). The van der Waals surface area contributed by atoms with Crippen molar-refractivity contribution < 1.29 is 19.5 Å². The third-order valence-corrected chi connectivity index (χ3v) is 3.08. The van der Waals surface area contributed by atoms with Crippen LogP contribution in [0.25, 0.3) is 0 Å². The van der Waals surface area contributed by atoms with Gasteiger partial charge in [-0.1, -0.05) is 35.5 Å². The zero-order chi connectivity index (χ0) is 17.4. The lowest BCUT2D eigenvalue weighted by Gasteiger charge is -2.08. The Kier molecular flexibility index (Phi) is 5.90. The number of oxime groups is 1. The van der Waals surface area contributed by atoms with Crippen LogP contribution in [0.2, 0.25) is 0 Å². The number of carbonyl (C=O) groups is 2. The number of esters is 1. The lowest BCUT2D eigenvalue weighted by atomic mass is 10.1. The van der Waals surface area contributed by atoms with E-state index in [9.17, 15) is 9.59 Å². The minimum absolute atomic E-state index is 0.255. The largest absolute Gasteiger partial charge is 0.425 e. The van der Waals surface area contributed by atoms with Crippen LogP contribution in [0.15, 0.2) is 59.8 Å². The van der Waals surface area contributed by atoms with Crippen LogP contribution < -0.4 is 15.4 Å². The number of carbonyl (C=O) groups excluding carboxylic acids is 2. The Morgan fingerprint density at radius 3 is 2.38 bits per heavy atom. The summed E-state index contributed by atoms with van der Waals surface area (Å²) in [5, 5.41) is 16.8. The molecule has 3 N–H and O–H groups in total. The SMILES string of the molecule is CC(=NO)c1ccc(NC(=O)NCC(=O)Oc2ccccc2)cc1. The van der Waals surface area contributed by atoms with Crippen molar-refractivity contribution in [3.8, 4) is 5.75 Å². The van der Waals surface area contributed by atoms with Gasteiger partial charge in [0.25, 0.3) is 0 Å². The van der Waals surface area contributed by atoms with Gasteiger partial charge in [0.2, 0.25) is 0 Å². The Balaban J connectivity index is 1.79. The summed E-state index contributed by atoms with van der Waals surface area (Å²) >= 11 is 0. The molecular formula is C17H17N3O4. The highest BCUT2D eigenvalue weighted by Gasteiger charge is 2.08. The molecule has 0 aliphatic heterocycles. The molecule has 2 rings (SSSR count). The van der Waals surface area contributed by atoms with E-state index >= 15 is 0 Å². The van der Waals surface area contributed by atoms with Gasteiger partial charge in [-0.3, -0.25) is 0 Å². The molecular weight excluding hydrogens is 310 g/mol. The first-order valence-corrected chi connectivity index (χ1v) is 7.18. The third kappa shape index (κ3) is 5.13. The topological polar surface area (TPSA) is 100 Å².